The first-order valence-electron chi connectivity index (χ1n) is 6.85. The fourth-order valence-electron chi connectivity index (χ4n) is 2.35. The third kappa shape index (κ3) is 3.70. The van der Waals surface area contributed by atoms with Crippen LogP contribution >= 0.6 is 0 Å². The molecule has 0 atom stereocenters. The number of anilines is 1. The minimum absolute atomic E-state index is 0.0425. The van der Waals surface area contributed by atoms with Gasteiger partial charge in [0.1, 0.15) is 0 Å². The molecule has 4 nitrogen and oxygen atoms in total. The van der Waals surface area contributed by atoms with Crippen molar-refractivity contribution in [3.63, 3.8) is 0 Å². The third-order valence-corrected chi connectivity index (χ3v) is 3.64. The van der Waals surface area contributed by atoms with E-state index in [-0.39, 0.29) is 5.91 Å². The Morgan fingerprint density at radius 3 is 2.74 bits per heavy atom. The highest BCUT2D eigenvalue weighted by Crippen LogP contribution is 2.19. The second-order valence-electron chi connectivity index (χ2n) is 5.05. The number of hydrogen-bond donors (Lipinski definition) is 2. The molecule has 0 radical (unpaired) electrons. The van der Waals surface area contributed by atoms with E-state index in [9.17, 15) is 4.79 Å². The van der Waals surface area contributed by atoms with Gasteiger partial charge in [-0.3, -0.25) is 4.79 Å². The summed E-state index contributed by atoms with van der Waals surface area (Å²) in [7, 11) is 1.65. The van der Waals surface area contributed by atoms with E-state index >= 15 is 0 Å². The van der Waals surface area contributed by atoms with Crippen LogP contribution in [0.3, 0.4) is 0 Å². The minimum Gasteiger partial charge on any atom is -0.385 e. The summed E-state index contributed by atoms with van der Waals surface area (Å²) in [5, 5.41) is 6.12. The summed E-state index contributed by atoms with van der Waals surface area (Å²) < 4.78 is 5.36. The molecule has 1 aromatic rings. The van der Waals surface area contributed by atoms with Gasteiger partial charge < -0.3 is 15.4 Å². The first-order valence-corrected chi connectivity index (χ1v) is 6.85. The molecule has 2 rings (SSSR count). The Balaban J connectivity index is 1.95. The van der Waals surface area contributed by atoms with Crippen molar-refractivity contribution in [2.24, 2.45) is 5.92 Å². The Kier molecular flexibility index (Phi) is 4.80. The van der Waals surface area contributed by atoms with E-state index in [1.54, 1.807) is 7.05 Å². The second kappa shape index (κ2) is 6.57. The van der Waals surface area contributed by atoms with Crippen LogP contribution in [0.25, 0.3) is 0 Å². The van der Waals surface area contributed by atoms with Gasteiger partial charge in [0.2, 0.25) is 0 Å². The van der Waals surface area contributed by atoms with Crippen LogP contribution in [0.5, 0.6) is 0 Å². The number of rotatable bonds is 4. The highest BCUT2D eigenvalue weighted by atomic mass is 16.5. The maximum absolute atomic E-state index is 11.5. The topological polar surface area (TPSA) is 50.4 Å². The Bertz CT molecular complexity index is 440. The van der Waals surface area contributed by atoms with Crippen LogP contribution in [0.1, 0.15) is 28.8 Å². The molecule has 0 spiro atoms. The van der Waals surface area contributed by atoms with Gasteiger partial charge in [0.15, 0.2) is 0 Å². The fraction of sp³-hybridized carbons (Fsp3) is 0.533. The van der Waals surface area contributed by atoms with Crippen molar-refractivity contribution in [2.45, 2.75) is 19.8 Å². The van der Waals surface area contributed by atoms with Crippen molar-refractivity contribution in [3.05, 3.63) is 29.3 Å². The summed E-state index contributed by atoms with van der Waals surface area (Å²) in [6.07, 6.45) is 2.25. The Labute approximate surface area is 114 Å². The normalized spacial score (nSPS) is 16.1. The van der Waals surface area contributed by atoms with Crippen LogP contribution in [0.15, 0.2) is 18.2 Å². The molecular weight excluding hydrogens is 240 g/mol. The number of hydrogen-bond acceptors (Lipinski definition) is 3. The Morgan fingerprint density at radius 2 is 2.11 bits per heavy atom. The smallest absolute Gasteiger partial charge is 0.251 e. The van der Waals surface area contributed by atoms with Crippen LogP contribution in [0.2, 0.25) is 0 Å². The van der Waals surface area contributed by atoms with E-state index in [1.165, 1.54) is 0 Å². The molecule has 1 saturated heterocycles. The lowest BCUT2D eigenvalue weighted by Crippen LogP contribution is -2.23. The molecule has 0 bridgehead atoms. The Hall–Kier alpha value is -1.55. The number of benzene rings is 1. The SMILES string of the molecule is CNC(=O)c1ccc(NCC2CCOCC2)c(C)c1. The van der Waals surface area contributed by atoms with Crippen molar-refractivity contribution in [1.29, 1.82) is 0 Å². The van der Waals surface area contributed by atoms with Gasteiger partial charge in [0.25, 0.3) is 5.91 Å². The first kappa shape index (κ1) is 13.9. The molecule has 104 valence electrons. The maximum Gasteiger partial charge on any atom is 0.251 e. The lowest BCUT2D eigenvalue weighted by Gasteiger charge is -2.23. The van der Waals surface area contributed by atoms with Crippen molar-refractivity contribution < 1.29 is 9.53 Å². The van der Waals surface area contributed by atoms with Gasteiger partial charge >= 0.3 is 0 Å². The average Bonchev–Trinajstić information content (AvgIpc) is 2.46. The largest absolute Gasteiger partial charge is 0.385 e. The molecule has 1 aliphatic heterocycles. The number of aryl methyl sites for hydroxylation is 1. The predicted molar refractivity (Wildman–Crippen MR) is 76.6 cm³/mol. The molecule has 0 aliphatic carbocycles. The maximum atomic E-state index is 11.5. The van der Waals surface area contributed by atoms with Crippen LogP contribution in [-0.2, 0) is 4.74 Å². The third-order valence-electron chi connectivity index (χ3n) is 3.64. The standard InChI is InChI=1S/C15H22N2O2/c1-11-9-13(15(18)16-2)3-4-14(11)17-10-12-5-7-19-8-6-12/h3-4,9,12,17H,5-8,10H2,1-2H3,(H,16,18). The summed E-state index contributed by atoms with van der Waals surface area (Å²) >= 11 is 0. The van der Waals surface area contributed by atoms with Crippen molar-refractivity contribution >= 4 is 11.6 Å². The highest BCUT2D eigenvalue weighted by Gasteiger charge is 2.14. The summed E-state index contributed by atoms with van der Waals surface area (Å²) in [5.74, 6) is 0.644. The van der Waals surface area contributed by atoms with Gasteiger partial charge in [-0.25, -0.2) is 0 Å². The van der Waals surface area contributed by atoms with E-state index in [0.29, 0.717) is 11.5 Å². The van der Waals surface area contributed by atoms with E-state index < -0.39 is 0 Å². The molecular formula is C15H22N2O2. The Morgan fingerprint density at radius 1 is 1.37 bits per heavy atom. The summed E-state index contributed by atoms with van der Waals surface area (Å²) in [6, 6.07) is 5.77. The van der Waals surface area contributed by atoms with Gasteiger partial charge in [0, 0.05) is 38.1 Å². The highest BCUT2D eigenvalue weighted by molar-refractivity contribution is 5.94. The summed E-state index contributed by atoms with van der Waals surface area (Å²) in [4.78, 5) is 11.5. The van der Waals surface area contributed by atoms with Gasteiger partial charge in [-0.1, -0.05) is 0 Å². The zero-order chi connectivity index (χ0) is 13.7. The van der Waals surface area contributed by atoms with Gasteiger partial charge in [0.05, 0.1) is 0 Å². The van der Waals surface area contributed by atoms with E-state index in [2.05, 4.69) is 10.6 Å². The van der Waals surface area contributed by atoms with Crippen LogP contribution < -0.4 is 10.6 Å². The number of amides is 1. The van der Waals surface area contributed by atoms with Crippen LogP contribution in [0.4, 0.5) is 5.69 Å². The second-order valence-corrected chi connectivity index (χ2v) is 5.05. The first-order chi connectivity index (χ1) is 9.20. The van der Waals surface area contributed by atoms with Gasteiger partial charge in [-0.05, 0) is 49.4 Å². The van der Waals surface area contributed by atoms with E-state index in [0.717, 1.165) is 43.9 Å². The number of ether oxygens (including phenoxy) is 1. The summed E-state index contributed by atoms with van der Waals surface area (Å²) in [6.45, 7) is 4.75. The molecule has 1 aliphatic rings. The molecule has 0 aromatic heterocycles. The van der Waals surface area contributed by atoms with Crippen LogP contribution in [0, 0.1) is 12.8 Å². The molecule has 1 aromatic carbocycles. The van der Waals surface area contributed by atoms with Crippen molar-refractivity contribution in [1.82, 2.24) is 5.32 Å². The molecule has 1 amide bonds. The quantitative estimate of drug-likeness (QED) is 0.874. The number of carbonyl (C=O) groups is 1. The van der Waals surface area contributed by atoms with Gasteiger partial charge in [-0.15, -0.1) is 0 Å². The van der Waals surface area contributed by atoms with Gasteiger partial charge in [-0.2, -0.15) is 0 Å². The molecule has 0 saturated carbocycles. The van der Waals surface area contributed by atoms with Crippen LogP contribution in [-0.4, -0.2) is 32.7 Å². The molecule has 1 heterocycles. The van der Waals surface area contributed by atoms with E-state index in [4.69, 9.17) is 4.74 Å². The zero-order valence-corrected chi connectivity index (χ0v) is 11.7. The monoisotopic (exact) mass is 262 g/mol. The predicted octanol–water partition coefficient (Wildman–Crippen LogP) is 2.19. The minimum atomic E-state index is -0.0425. The fourth-order valence-corrected chi connectivity index (χ4v) is 2.35. The molecule has 19 heavy (non-hydrogen) atoms. The number of nitrogens with one attached hydrogen (secondary N) is 2. The average molecular weight is 262 g/mol. The van der Waals surface area contributed by atoms with Crippen molar-refractivity contribution in [2.75, 3.05) is 32.1 Å². The molecule has 4 heteroatoms. The van der Waals surface area contributed by atoms with Crippen molar-refractivity contribution in [3.8, 4) is 0 Å². The lowest BCUT2D eigenvalue weighted by atomic mass is 10.00. The molecule has 1 fully saturated rings. The van der Waals surface area contributed by atoms with E-state index in [1.807, 2.05) is 25.1 Å². The number of carbonyl (C=O) groups excluding carboxylic acids is 1. The summed E-state index contributed by atoms with van der Waals surface area (Å²) in [5.41, 5.74) is 2.92. The zero-order valence-electron chi connectivity index (χ0n) is 11.7. The molecule has 0 unspecified atom stereocenters. The lowest BCUT2D eigenvalue weighted by molar-refractivity contribution is 0.0699. The molecule has 2 N–H and O–H groups in total.